The summed E-state index contributed by atoms with van der Waals surface area (Å²) in [6, 6.07) is 4.41. The highest BCUT2D eigenvalue weighted by Gasteiger charge is 2.30. The molecule has 1 fully saturated rings. The number of rotatable bonds is 7. The van der Waals surface area contributed by atoms with Crippen LogP contribution in [0.5, 0.6) is 0 Å². The average Bonchev–Trinajstić information content (AvgIpc) is 2.97. The molecule has 0 unspecified atom stereocenters. The van der Waals surface area contributed by atoms with Gasteiger partial charge in [-0.3, -0.25) is 4.90 Å². The number of hydrogen-bond donors (Lipinski definition) is 1. The zero-order chi connectivity index (χ0) is 13.6. The zero-order valence-electron chi connectivity index (χ0n) is 12.5. The van der Waals surface area contributed by atoms with Crippen molar-refractivity contribution < 1.29 is 0 Å². The van der Waals surface area contributed by atoms with E-state index in [9.17, 15) is 0 Å². The zero-order valence-corrected chi connectivity index (χ0v) is 13.3. The molecule has 1 aromatic heterocycles. The molecule has 1 heterocycles. The largest absolute Gasteiger partial charge is 0.314 e. The molecule has 1 aromatic rings. The maximum absolute atomic E-state index is 3.63. The average molecular weight is 280 g/mol. The van der Waals surface area contributed by atoms with Gasteiger partial charge in [-0.05, 0) is 44.3 Å². The second kappa shape index (κ2) is 7.41. The van der Waals surface area contributed by atoms with E-state index in [1.807, 2.05) is 11.3 Å². The van der Waals surface area contributed by atoms with E-state index in [0.717, 1.165) is 13.1 Å². The Kier molecular flexibility index (Phi) is 5.86. The molecule has 19 heavy (non-hydrogen) atoms. The molecule has 0 aromatic carbocycles. The highest BCUT2D eigenvalue weighted by Crippen LogP contribution is 2.31. The van der Waals surface area contributed by atoms with Crippen LogP contribution >= 0.6 is 11.3 Å². The molecule has 3 heteroatoms. The molecule has 1 aliphatic rings. The van der Waals surface area contributed by atoms with Gasteiger partial charge < -0.3 is 5.32 Å². The fraction of sp³-hybridized carbons (Fsp3) is 0.750. The van der Waals surface area contributed by atoms with E-state index in [1.54, 1.807) is 0 Å². The lowest BCUT2D eigenvalue weighted by atomic mass is 9.79. The van der Waals surface area contributed by atoms with Crippen molar-refractivity contribution in [1.82, 2.24) is 10.2 Å². The van der Waals surface area contributed by atoms with E-state index in [4.69, 9.17) is 0 Å². The monoisotopic (exact) mass is 280 g/mol. The van der Waals surface area contributed by atoms with Crippen LogP contribution in [0.25, 0.3) is 0 Å². The fourth-order valence-electron chi connectivity index (χ4n) is 3.20. The Balaban J connectivity index is 1.84. The molecule has 1 saturated carbocycles. The molecule has 2 nitrogen and oxygen atoms in total. The molecule has 0 amide bonds. The Labute approximate surface area is 122 Å². The Morgan fingerprint density at radius 1 is 1.32 bits per heavy atom. The predicted octanol–water partition coefficient (Wildman–Crippen LogP) is 3.88. The maximum Gasteiger partial charge on any atom is 0.0327 e. The van der Waals surface area contributed by atoms with Crippen LogP contribution in [-0.4, -0.2) is 30.6 Å². The van der Waals surface area contributed by atoms with Crippen molar-refractivity contribution in [3.05, 3.63) is 22.4 Å². The second-order valence-corrected chi connectivity index (χ2v) is 6.82. The Morgan fingerprint density at radius 2 is 2.11 bits per heavy atom. The molecular weight excluding hydrogens is 252 g/mol. The van der Waals surface area contributed by atoms with E-state index in [2.05, 4.69) is 41.7 Å². The summed E-state index contributed by atoms with van der Waals surface area (Å²) in [7, 11) is 2.15. The van der Waals surface area contributed by atoms with Gasteiger partial charge in [0.2, 0.25) is 0 Å². The normalized spacial score (nSPS) is 18.9. The van der Waals surface area contributed by atoms with Crippen LogP contribution < -0.4 is 5.32 Å². The predicted molar refractivity (Wildman–Crippen MR) is 84.8 cm³/mol. The van der Waals surface area contributed by atoms with Crippen LogP contribution in [0.4, 0.5) is 0 Å². The molecule has 0 spiro atoms. The molecule has 0 saturated heterocycles. The third-order valence-electron chi connectivity index (χ3n) is 4.65. The van der Waals surface area contributed by atoms with E-state index in [-0.39, 0.29) is 0 Å². The van der Waals surface area contributed by atoms with Gasteiger partial charge in [0.25, 0.3) is 0 Å². The van der Waals surface area contributed by atoms with Gasteiger partial charge in [0.05, 0.1) is 0 Å². The Bertz CT molecular complexity index is 342. The Morgan fingerprint density at radius 3 is 2.68 bits per heavy atom. The van der Waals surface area contributed by atoms with E-state index < -0.39 is 0 Å². The maximum atomic E-state index is 3.63. The summed E-state index contributed by atoms with van der Waals surface area (Å²) in [5, 5.41) is 5.81. The highest BCUT2D eigenvalue weighted by molar-refractivity contribution is 7.09. The molecule has 1 N–H and O–H groups in total. The second-order valence-electron chi connectivity index (χ2n) is 5.79. The van der Waals surface area contributed by atoms with Gasteiger partial charge >= 0.3 is 0 Å². The van der Waals surface area contributed by atoms with Crippen molar-refractivity contribution in [3.8, 4) is 0 Å². The molecular formula is C16H28N2S. The highest BCUT2D eigenvalue weighted by atomic mass is 32.1. The molecule has 1 aliphatic carbocycles. The van der Waals surface area contributed by atoms with Crippen LogP contribution in [0.15, 0.2) is 17.5 Å². The fourth-order valence-corrected chi connectivity index (χ4v) is 3.94. The van der Waals surface area contributed by atoms with Crippen LogP contribution in [-0.2, 0) is 6.54 Å². The van der Waals surface area contributed by atoms with E-state index >= 15 is 0 Å². The van der Waals surface area contributed by atoms with Crippen LogP contribution in [0.2, 0.25) is 0 Å². The first-order valence-electron chi connectivity index (χ1n) is 7.72. The summed E-state index contributed by atoms with van der Waals surface area (Å²) < 4.78 is 0. The number of hydrogen-bond acceptors (Lipinski definition) is 3. The summed E-state index contributed by atoms with van der Waals surface area (Å²) in [4.78, 5) is 4.07. The third-order valence-corrected chi connectivity index (χ3v) is 5.52. The third kappa shape index (κ3) is 4.30. The van der Waals surface area contributed by atoms with Crippen molar-refractivity contribution in [1.29, 1.82) is 0 Å². The lowest BCUT2D eigenvalue weighted by Gasteiger charge is -2.38. The molecule has 0 atom stereocenters. The molecule has 0 aliphatic heterocycles. The smallest absolute Gasteiger partial charge is 0.0327 e. The molecule has 0 bridgehead atoms. The number of nitrogens with zero attached hydrogens (tertiary/aromatic N) is 1. The lowest BCUT2D eigenvalue weighted by molar-refractivity contribution is 0.183. The van der Waals surface area contributed by atoms with Gasteiger partial charge in [-0.1, -0.05) is 32.3 Å². The quantitative estimate of drug-likeness (QED) is 0.815. The van der Waals surface area contributed by atoms with Gasteiger partial charge in [0, 0.05) is 23.5 Å². The van der Waals surface area contributed by atoms with E-state index in [1.165, 1.54) is 49.9 Å². The minimum atomic E-state index is 0.418. The number of nitrogens with one attached hydrogen (secondary N) is 1. The van der Waals surface area contributed by atoms with Crippen molar-refractivity contribution in [2.75, 3.05) is 20.1 Å². The summed E-state index contributed by atoms with van der Waals surface area (Å²) in [5.74, 6) is 0. The van der Waals surface area contributed by atoms with Crippen LogP contribution in [0.3, 0.4) is 0 Å². The Hall–Kier alpha value is -0.380. The van der Waals surface area contributed by atoms with Crippen molar-refractivity contribution in [2.24, 2.45) is 0 Å². The first-order chi connectivity index (χ1) is 9.28. The minimum Gasteiger partial charge on any atom is -0.314 e. The van der Waals surface area contributed by atoms with Crippen molar-refractivity contribution in [2.45, 2.75) is 57.5 Å². The topological polar surface area (TPSA) is 15.3 Å². The first-order valence-corrected chi connectivity index (χ1v) is 8.59. The van der Waals surface area contributed by atoms with Gasteiger partial charge in [0.15, 0.2) is 0 Å². The van der Waals surface area contributed by atoms with Crippen LogP contribution in [0, 0.1) is 0 Å². The molecule has 0 radical (unpaired) electrons. The molecule has 108 valence electrons. The molecule has 2 rings (SSSR count). The van der Waals surface area contributed by atoms with Gasteiger partial charge in [-0.2, -0.15) is 0 Å². The van der Waals surface area contributed by atoms with E-state index in [0.29, 0.717) is 5.54 Å². The van der Waals surface area contributed by atoms with Crippen molar-refractivity contribution in [3.63, 3.8) is 0 Å². The van der Waals surface area contributed by atoms with Gasteiger partial charge in [-0.25, -0.2) is 0 Å². The summed E-state index contributed by atoms with van der Waals surface area (Å²) in [6.45, 7) is 5.77. The van der Waals surface area contributed by atoms with Crippen LogP contribution in [0.1, 0.15) is 50.3 Å². The summed E-state index contributed by atoms with van der Waals surface area (Å²) in [5.41, 5.74) is 0.418. The standard InChI is InChI=1S/C16H28N2S/c1-3-18(14-15-8-7-13-19-15)12-11-16(17-2)9-5-4-6-10-16/h7-8,13,17H,3-6,9-12,14H2,1-2H3. The summed E-state index contributed by atoms with van der Waals surface area (Å²) in [6.07, 6.45) is 8.24. The van der Waals surface area contributed by atoms with Crippen molar-refractivity contribution >= 4 is 11.3 Å². The SMILES string of the molecule is CCN(CCC1(NC)CCCCC1)Cc1cccs1. The van der Waals surface area contributed by atoms with Gasteiger partial charge in [-0.15, -0.1) is 11.3 Å². The summed E-state index contributed by atoms with van der Waals surface area (Å²) >= 11 is 1.88. The first kappa shape index (κ1) is 15.0. The minimum absolute atomic E-state index is 0.418. The lowest BCUT2D eigenvalue weighted by Crippen LogP contribution is -2.47. The van der Waals surface area contributed by atoms with Gasteiger partial charge in [0.1, 0.15) is 0 Å². The number of thiophene rings is 1.